The van der Waals surface area contributed by atoms with Gasteiger partial charge < -0.3 is 9.47 Å². The van der Waals surface area contributed by atoms with E-state index in [-0.39, 0.29) is 0 Å². The molecule has 0 N–H and O–H groups in total. The maximum Gasteiger partial charge on any atom is 0.136 e. The molecule has 2 heteroatoms. The molecule has 5 aromatic carbocycles. The van der Waals surface area contributed by atoms with Crippen LogP contribution < -0.4 is 9.47 Å². The number of hydrogen-bond donors (Lipinski definition) is 0. The quantitative estimate of drug-likeness (QED) is 0.115. The molecule has 5 rings (SSSR count). The van der Waals surface area contributed by atoms with Gasteiger partial charge in [-0.25, -0.2) is 0 Å². The Morgan fingerprint density at radius 1 is 0.500 bits per heavy atom. The highest BCUT2D eigenvalue weighted by atomic mass is 16.5. The Labute approximate surface area is 238 Å². The lowest BCUT2D eigenvalue weighted by Crippen LogP contribution is -2.03. The first-order chi connectivity index (χ1) is 19.8. The van der Waals surface area contributed by atoms with Gasteiger partial charge in [-0.15, -0.1) is 0 Å². The highest BCUT2D eigenvalue weighted by Crippen LogP contribution is 2.31. The van der Waals surface area contributed by atoms with Crippen LogP contribution in [-0.2, 0) is 0 Å². The first kappa shape index (κ1) is 26.9. The molecule has 0 saturated carbocycles. The van der Waals surface area contributed by atoms with E-state index >= 15 is 0 Å². The Hall–Kier alpha value is -4.66. The Bertz CT molecular complexity index is 1730. The van der Waals surface area contributed by atoms with Crippen molar-refractivity contribution < 1.29 is 9.47 Å². The molecule has 0 amide bonds. The van der Waals surface area contributed by atoms with Crippen LogP contribution >= 0.6 is 0 Å². The van der Waals surface area contributed by atoms with E-state index in [1.807, 2.05) is 42.5 Å². The summed E-state index contributed by atoms with van der Waals surface area (Å²) in [7, 11) is 0. The van der Waals surface area contributed by atoms with Crippen LogP contribution in [-0.4, -0.2) is 13.2 Å². The highest BCUT2D eigenvalue weighted by Gasteiger charge is 2.11. The third-order valence-electron chi connectivity index (χ3n) is 6.81. The Morgan fingerprint density at radius 3 is 1.68 bits per heavy atom. The lowest BCUT2D eigenvalue weighted by Gasteiger charge is -2.13. The fraction of sp³-hybridized carbons (Fsp3) is 0.211. The number of hydrogen-bond acceptors (Lipinski definition) is 2. The van der Waals surface area contributed by atoms with Gasteiger partial charge in [0, 0.05) is 23.3 Å². The van der Waals surface area contributed by atoms with Crippen LogP contribution in [0.2, 0.25) is 0 Å². The molecular weight excluding hydrogens is 488 g/mol. The van der Waals surface area contributed by atoms with Gasteiger partial charge in [0.05, 0.1) is 24.3 Å². The third-order valence-corrected chi connectivity index (χ3v) is 6.81. The Balaban J connectivity index is 1.61. The number of ether oxygens (including phenoxy) is 2. The Morgan fingerprint density at radius 2 is 1.02 bits per heavy atom. The summed E-state index contributed by atoms with van der Waals surface area (Å²) in [6, 6.07) is 33.1. The van der Waals surface area contributed by atoms with E-state index in [4.69, 9.17) is 9.47 Å². The van der Waals surface area contributed by atoms with E-state index in [1.165, 1.54) is 16.2 Å². The largest absolute Gasteiger partial charge is 0.492 e. The Kier molecular flexibility index (Phi) is 9.03. The van der Waals surface area contributed by atoms with Crippen molar-refractivity contribution in [3.63, 3.8) is 0 Å². The van der Waals surface area contributed by atoms with Gasteiger partial charge in [0.25, 0.3) is 0 Å². The minimum Gasteiger partial charge on any atom is -0.492 e. The molecule has 0 fully saturated rings. The first-order valence-corrected chi connectivity index (χ1v) is 14.2. The van der Waals surface area contributed by atoms with Crippen molar-refractivity contribution in [2.24, 2.45) is 0 Å². The summed E-state index contributed by atoms with van der Waals surface area (Å²) in [5.41, 5.74) is 3.58. The number of benzene rings is 5. The van der Waals surface area contributed by atoms with E-state index < -0.39 is 0 Å². The molecule has 0 saturated heterocycles. The van der Waals surface area contributed by atoms with E-state index in [9.17, 15) is 0 Å². The second-order valence-electron chi connectivity index (χ2n) is 9.81. The standard InChI is InChI=1S/C38H34O2/c1-3-5-24-39-37-28-33(38(40-25-6-4-2)27-32(37)21-20-29-14-8-7-9-15-29)23-22-31-26-30-16-10-11-17-34(30)36-19-13-12-18-35(31)36/h7-19,26-28H,3-6,24-25H2,1-2H3. The predicted molar refractivity (Wildman–Crippen MR) is 167 cm³/mol. The molecule has 0 aromatic heterocycles. The van der Waals surface area contributed by atoms with Gasteiger partial charge in [0.2, 0.25) is 0 Å². The van der Waals surface area contributed by atoms with Crippen molar-refractivity contribution in [2.45, 2.75) is 39.5 Å². The monoisotopic (exact) mass is 522 g/mol. The lowest BCUT2D eigenvalue weighted by molar-refractivity contribution is 0.299. The van der Waals surface area contributed by atoms with Crippen LogP contribution in [0.1, 0.15) is 61.8 Å². The predicted octanol–water partition coefficient (Wildman–Crippen LogP) is 9.15. The molecule has 2 nitrogen and oxygen atoms in total. The highest BCUT2D eigenvalue weighted by molar-refractivity contribution is 6.09. The van der Waals surface area contributed by atoms with Crippen molar-refractivity contribution >= 4 is 21.5 Å². The van der Waals surface area contributed by atoms with Crippen molar-refractivity contribution in [1.29, 1.82) is 0 Å². The second kappa shape index (κ2) is 13.4. The molecule has 0 radical (unpaired) electrons. The maximum atomic E-state index is 6.27. The van der Waals surface area contributed by atoms with E-state index in [1.54, 1.807) is 0 Å². The van der Waals surface area contributed by atoms with Crippen molar-refractivity contribution in [2.75, 3.05) is 13.2 Å². The minimum absolute atomic E-state index is 0.631. The van der Waals surface area contributed by atoms with Crippen LogP contribution in [0.5, 0.6) is 11.5 Å². The summed E-state index contributed by atoms with van der Waals surface area (Å²) in [6.07, 6.45) is 4.07. The number of rotatable bonds is 8. The summed E-state index contributed by atoms with van der Waals surface area (Å²) in [6.45, 7) is 5.59. The number of unbranched alkanes of at least 4 members (excludes halogenated alkanes) is 2. The van der Waals surface area contributed by atoms with Gasteiger partial charge in [-0.3, -0.25) is 0 Å². The summed E-state index contributed by atoms with van der Waals surface area (Å²) in [5, 5.41) is 4.77. The van der Waals surface area contributed by atoms with Gasteiger partial charge >= 0.3 is 0 Å². The zero-order valence-corrected chi connectivity index (χ0v) is 23.3. The zero-order chi connectivity index (χ0) is 27.6. The van der Waals surface area contributed by atoms with Crippen molar-refractivity contribution in [3.8, 4) is 35.2 Å². The molecule has 0 spiro atoms. The SMILES string of the molecule is CCCCOc1cc(C#Cc2cc3ccccc3c3ccccc23)c(OCCCC)cc1C#Cc1ccccc1. The van der Waals surface area contributed by atoms with Gasteiger partial charge in [-0.05, 0) is 52.6 Å². The van der Waals surface area contributed by atoms with Crippen LogP contribution in [0.3, 0.4) is 0 Å². The molecular formula is C38H34O2. The van der Waals surface area contributed by atoms with Crippen LogP contribution in [0.25, 0.3) is 21.5 Å². The maximum absolute atomic E-state index is 6.27. The molecule has 0 aliphatic heterocycles. The molecule has 0 heterocycles. The molecule has 0 aliphatic carbocycles. The normalized spacial score (nSPS) is 10.4. The summed E-state index contributed by atoms with van der Waals surface area (Å²) < 4.78 is 12.5. The third kappa shape index (κ3) is 6.48. The van der Waals surface area contributed by atoms with Crippen LogP contribution in [0, 0.1) is 23.7 Å². The second-order valence-corrected chi connectivity index (χ2v) is 9.81. The minimum atomic E-state index is 0.631. The van der Waals surface area contributed by atoms with Gasteiger partial charge in [0.1, 0.15) is 11.5 Å². The first-order valence-electron chi connectivity index (χ1n) is 14.2. The van der Waals surface area contributed by atoms with Gasteiger partial charge in [0.15, 0.2) is 0 Å². The van der Waals surface area contributed by atoms with Crippen molar-refractivity contribution in [1.82, 2.24) is 0 Å². The molecule has 0 atom stereocenters. The molecule has 0 bridgehead atoms. The molecule has 0 unspecified atom stereocenters. The zero-order valence-electron chi connectivity index (χ0n) is 23.3. The molecule has 5 aromatic rings. The molecule has 198 valence electrons. The van der Waals surface area contributed by atoms with E-state index in [0.717, 1.165) is 64.8 Å². The average molecular weight is 523 g/mol. The van der Waals surface area contributed by atoms with E-state index in [0.29, 0.717) is 13.2 Å². The molecule has 40 heavy (non-hydrogen) atoms. The fourth-order valence-electron chi connectivity index (χ4n) is 4.60. The van der Waals surface area contributed by atoms with E-state index in [2.05, 4.69) is 92.1 Å². The van der Waals surface area contributed by atoms with Gasteiger partial charge in [-0.1, -0.05) is 117 Å². The van der Waals surface area contributed by atoms with Gasteiger partial charge in [-0.2, -0.15) is 0 Å². The smallest absolute Gasteiger partial charge is 0.136 e. The van der Waals surface area contributed by atoms with Crippen LogP contribution in [0.15, 0.2) is 97.1 Å². The van der Waals surface area contributed by atoms with Crippen LogP contribution in [0.4, 0.5) is 0 Å². The number of fused-ring (bicyclic) bond motifs is 3. The fourth-order valence-corrected chi connectivity index (χ4v) is 4.60. The molecule has 0 aliphatic rings. The summed E-state index contributed by atoms with van der Waals surface area (Å²) in [4.78, 5) is 0. The summed E-state index contributed by atoms with van der Waals surface area (Å²) >= 11 is 0. The summed E-state index contributed by atoms with van der Waals surface area (Å²) in [5.74, 6) is 15.0. The topological polar surface area (TPSA) is 18.5 Å². The lowest BCUT2D eigenvalue weighted by atomic mass is 9.97. The average Bonchev–Trinajstić information content (AvgIpc) is 3.00. The van der Waals surface area contributed by atoms with Crippen molar-refractivity contribution in [3.05, 3.63) is 119 Å².